The normalized spacial score (nSPS) is 19.2. The number of Topliss-reactive ketones (excluding diaryl/α,β-unsaturated/α-hetero) is 1. The zero-order chi connectivity index (χ0) is 25.3. The fourth-order valence-corrected chi connectivity index (χ4v) is 5.66. The Morgan fingerprint density at radius 1 is 1.17 bits per heavy atom. The highest BCUT2D eigenvalue weighted by Gasteiger charge is 2.47. The molecule has 3 aromatic rings. The molecule has 184 valence electrons. The van der Waals surface area contributed by atoms with E-state index in [0.29, 0.717) is 43.5 Å². The third kappa shape index (κ3) is 3.69. The van der Waals surface area contributed by atoms with Gasteiger partial charge in [0, 0.05) is 40.6 Å². The van der Waals surface area contributed by atoms with Crippen LogP contribution >= 0.6 is 0 Å². The molecule has 0 unspecified atom stereocenters. The van der Waals surface area contributed by atoms with Crippen LogP contribution in [0, 0.1) is 0 Å². The zero-order valence-electron chi connectivity index (χ0n) is 21.4. The summed E-state index contributed by atoms with van der Waals surface area (Å²) >= 11 is 0. The number of nitrogens with zero attached hydrogens (tertiary/aromatic N) is 3. The van der Waals surface area contributed by atoms with Gasteiger partial charge in [-0.25, -0.2) is 4.98 Å². The number of aromatic nitrogens is 2. The van der Waals surface area contributed by atoms with Gasteiger partial charge in [0.05, 0.1) is 29.1 Å². The lowest BCUT2D eigenvalue weighted by Gasteiger charge is -2.41. The van der Waals surface area contributed by atoms with Crippen molar-refractivity contribution in [1.82, 2.24) is 14.5 Å². The summed E-state index contributed by atoms with van der Waals surface area (Å²) in [6.45, 7) is 8.77. The molecule has 3 heterocycles. The Morgan fingerprint density at radius 2 is 1.91 bits per heavy atom. The third-order valence-electron chi connectivity index (χ3n) is 7.08. The van der Waals surface area contributed by atoms with Gasteiger partial charge < -0.3 is 19.3 Å². The van der Waals surface area contributed by atoms with Gasteiger partial charge in [0.25, 0.3) is 5.56 Å². The molecular weight excluding hydrogens is 442 g/mol. The van der Waals surface area contributed by atoms with Crippen LogP contribution in [0.3, 0.4) is 0 Å². The molecule has 1 atom stereocenters. The number of aromatic hydroxyl groups is 1. The highest BCUT2D eigenvalue weighted by atomic mass is 16.5. The number of ether oxygens (including phenoxy) is 1. The summed E-state index contributed by atoms with van der Waals surface area (Å²) < 4.78 is 8.21. The molecule has 1 aliphatic carbocycles. The number of carbonyl (C=O) groups is 1. The van der Waals surface area contributed by atoms with Crippen LogP contribution in [0.1, 0.15) is 62.8 Å². The lowest BCUT2D eigenvalue weighted by Crippen LogP contribution is -2.48. The van der Waals surface area contributed by atoms with Gasteiger partial charge in [-0.2, -0.15) is 0 Å². The van der Waals surface area contributed by atoms with E-state index < -0.39 is 11.2 Å². The van der Waals surface area contributed by atoms with Gasteiger partial charge in [-0.1, -0.05) is 6.92 Å². The summed E-state index contributed by atoms with van der Waals surface area (Å²) in [6.07, 6.45) is 1.19. The molecule has 2 aromatic heterocycles. The molecule has 0 saturated carbocycles. The van der Waals surface area contributed by atoms with Crippen molar-refractivity contribution in [2.24, 2.45) is 0 Å². The van der Waals surface area contributed by atoms with Crippen LogP contribution in [0.25, 0.3) is 22.3 Å². The van der Waals surface area contributed by atoms with Crippen LogP contribution in [-0.2, 0) is 34.6 Å². The van der Waals surface area contributed by atoms with Crippen molar-refractivity contribution >= 4 is 16.7 Å². The van der Waals surface area contributed by atoms with Crippen molar-refractivity contribution in [3.63, 3.8) is 0 Å². The minimum absolute atomic E-state index is 0.0280. The van der Waals surface area contributed by atoms with E-state index in [1.807, 2.05) is 64.9 Å². The SMILES string of the molecule is CC[C@@]1(OC(C)(C)C)C(=O)CCc2c1cc1n(c2=O)Cc2cc3c(CN(C)C)c(O)ccc3nc2-1. The van der Waals surface area contributed by atoms with Crippen LogP contribution in [0.5, 0.6) is 5.75 Å². The molecule has 1 N–H and O–H groups in total. The fourth-order valence-electron chi connectivity index (χ4n) is 5.66. The Bertz CT molecular complexity index is 1430. The predicted octanol–water partition coefficient (Wildman–Crippen LogP) is 4.13. The van der Waals surface area contributed by atoms with Crippen LogP contribution in [-0.4, -0.2) is 45.0 Å². The number of ketones is 1. The first-order valence-electron chi connectivity index (χ1n) is 12.3. The number of phenols is 1. The maximum absolute atomic E-state index is 13.7. The van der Waals surface area contributed by atoms with Gasteiger partial charge in [0.2, 0.25) is 0 Å². The first kappa shape index (κ1) is 23.7. The second-order valence-corrected chi connectivity index (χ2v) is 11.0. The van der Waals surface area contributed by atoms with Gasteiger partial charge in [0.1, 0.15) is 5.75 Å². The van der Waals surface area contributed by atoms with Gasteiger partial charge in [0.15, 0.2) is 11.4 Å². The van der Waals surface area contributed by atoms with E-state index in [9.17, 15) is 14.7 Å². The largest absolute Gasteiger partial charge is 0.508 e. The number of benzene rings is 1. The second-order valence-electron chi connectivity index (χ2n) is 11.0. The van der Waals surface area contributed by atoms with Gasteiger partial charge in [-0.05, 0) is 72.0 Å². The van der Waals surface area contributed by atoms with Crippen molar-refractivity contribution in [3.8, 4) is 17.1 Å². The summed E-state index contributed by atoms with van der Waals surface area (Å²) in [5.74, 6) is 0.266. The fraction of sp³-hybridized carbons (Fsp3) is 0.464. The van der Waals surface area contributed by atoms with Crippen molar-refractivity contribution in [1.29, 1.82) is 0 Å². The van der Waals surface area contributed by atoms with E-state index >= 15 is 0 Å². The minimum atomic E-state index is -1.13. The topological polar surface area (TPSA) is 84.7 Å². The molecule has 7 nitrogen and oxygen atoms in total. The van der Waals surface area contributed by atoms with Crippen LogP contribution in [0.2, 0.25) is 0 Å². The summed E-state index contributed by atoms with van der Waals surface area (Å²) in [7, 11) is 3.92. The quantitative estimate of drug-likeness (QED) is 0.478. The van der Waals surface area contributed by atoms with Crippen molar-refractivity contribution in [3.05, 3.63) is 56.9 Å². The number of fused-ring (bicyclic) bond motifs is 5. The number of rotatable bonds is 4. The Hall–Kier alpha value is -3.03. The van der Waals surface area contributed by atoms with E-state index in [2.05, 4.69) is 0 Å². The molecule has 35 heavy (non-hydrogen) atoms. The average molecular weight is 476 g/mol. The summed E-state index contributed by atoms with van der Waals surface area (Å²) in [4.78, 5) is 34.0. The number of hydrogen-bond donors (Lipinski definition) is 1. The van der Waals surface area contributed by atoms with Gasteiger partial charge in [-0.15, -0.1) is 0 Å². The first-order chi connectivity index (χ1) is 16.4. The molecule has 1 aromatic carbocycles. The summed E-state index contributed by atoms with van der Waals surface area (Å²) in [5, 5.41) is 11.4. The van der Waals surface area contributed by atoms with Gasteiger partial charge in [-0.3, -0.25) is 9.59 Å². The van der Waals surface area contributed by atoms with E-state index in [4.69, 9.17) is 9.72 Å². The van der Waals surface area contributed by atoms with Crippen LogP contribution in [0.15, 0.2) is 29.1 Å². The highest BCUT2D eigenvalue weighted by Crippen LogP contribution is 2.43. The molecule has 0 radical (unpaired) electrons. The lowest BCUT2D eigenvalue weighted by molar-refractivity contribution is -0.171. The first-order valence-corrected chi connectivity index (χ1v) is 12.3. The van der Waals surface area contributed by atoms with E-state index in [1.54, 1.807) is 10.6 Å². The number of hydrogen-bond acceptors (Lipinski definition) is 6. The molecule has 2 aliphatic rings. The Balaban J connectivity index is 1.74. The number of pyridine rings is 2. The highest BCUT2D eigenvalue weighted by molar-refractivity contribution is 5.92. The summed E-state index contributed by atoms with van der Waals surface area (Å²) in [6, 6.07) is 7.50. The second kappa shape index (κ2) is 8.00. The van der Waals surface area contributed by atoms with Gasteiger partial charge >= 0.3 is 0 Å². The summed E-state index contributed by atoms with van der Waals surface area (Å²) in [5.41, 5.74) is 3.60. The maximum Gasteiger partial charge on any atom is 0.254 e. The van der Waals surface area contributed by atoms with Crippen molar-refractivity contribution in [2.75, 3.05) is 14.1 Å². The molecular formula is C28H33N3O4. The molecule has 1 aliphatic heterocycles. The minimum Gasteiger partial charge on any atom is -0.508 e. The van der Waals surface area contributed by atoms with E-state index in [0.717, 1.165) is 33.4 Å². The Labute approximate surface area is 205 Å². The molecule has 0 spiro atoms. The molecule has 7 heteroatoms. The maximum atomic E-state index is 13.7. The van der Waals surface area contributed by atoms with E-state index in [-0.39, 0.29) is 17.1 Å². The molecule has 0 fully saturated rings. The lowest BCUT2D eigenvalue weighted by atomic mass is 9.76. The van der Waals surface area contributed by atoms with E-state index in [1.165, 1.54) is 0 Å². The number of carbonyl (C=O) groups excluding carboxylic acids is 1. The molecule has 0 saturated heterocycles. The molecule has 0 bridgehead atoms. The molecule has 0 amide bonds. The Morgan fingerprint density at radius 3 is 2.57 bits per heavy atom. The van der Waals surface area contributed by atoms with Crippen LogP contribution in [0.4, 0.5) is 0 Å². The molecule has 5 rings (SSSR count). The monoisotopic (exact) mass is 475 g/mol. The van der Waals surface area contributed by atoms with Crippen molar-refractivity contribution < 1.29 is 14.6 Å². The Kier molecular flexibility index (Phi) is 5.42. The smallest absolute Gasteiger partial charge is 0.254 e. The number of phenolic OH excluding ortho intramolecular Hbond substituents is 1. The zero-order valence-corrected chi connectivity index (χ0v) is 21.4. The third-order valence-corrected chi connectivity index (χ3v) is 7.08. The standard InChI is InChI=1S/C28H33N3O4/c1-7-28(35-27(2,3)4)20-13-22-25-16(14-31(22)26(34)17(20)8-11-24(28)33)12-18-19(15-30(5)6)23(32)10-9-21(18)29-25/h9-10,12-13,32H,7-8,11,14-15H2,1-6H3/t28-/m0/s1. The van der Waals surface area contributed by atoms with Crippen LogP contribution < -0.4 is 5.56 Å². The average Bonchev–Trinajstić information content (AvgIpc) is 3.14. The predicted molar refractivity (Wildman–Crippen MR) is 136 cm³/mol. The van der Waals surface area contributed by atoms with Crippen molar-refractivity contribution in [2.45, 2.75) is 71.2 Å².